The van der Waals surface area contributed by atoms with Crippen LogP contribution < -0.4 is 10.2 Å². The van der Waals surface area contributed by atoms with E-state index >= 15 is 0 Å². The number of hydrogen-bond acceptors (Lipinski definition) is 2. The van der Waals surface area contributed by atoms with Gasteiger partial charge in [0, 0.05) is 22.5 Å². The molecule has 0 spiro atoms. The van der Waals surface area contributed by atoms with Crippen LogP contribution in [0.4, 0.5) is 5.69 Å². The summed E-state index contributed by atoms with van der Waals surface area (Å²) in [5.74, 6) is 0.109. The number of quaternary nitrogens is 1. The standard InChI is InChI=1S/C18H22N2OS/c1-12-5-4-6-13(2)18(12)19-17(21)11-20-9-7-16-15(14(20)3)8-10-22-16/h4-6,8,10,14H,7,9,11H2,1-3H3,(H,19,21)/p+1/t14-/m1/s1. The van der Waals surface area contributed by atoms with E-state index in [-0.39, 0.29) is 5.91 Å². The Morgan fingerprint density at radius 3 is 2.77 bits per heavy atom. The van der Waals surface area contributed by atoms with Crippen LogP contribution in [-0.2, 0) is 11.2 Å². The molecule has 0 bridgehead atoms. The van der Waals surface area contributed by atoms with Crippen LogP contribution in [0.2, 0.25) is 0 Å². The summed E-state index contributed by atoms with van der Waals surface area (Å²) >= 11 is 1.84. The quantitative estimate of drug-likeness (QED) is 0.896. The number of aryl methyl sites for hydroxylation is 2. The summed E-state index contributed by atoms with van der Waals surface area (Å²) in [6.45, 7) is 7.87. The third kappa shape index (κ3) is 2.94. The molecule has 0 saturated carbocycles. The van der Waals surface area contributed by atoms with Crippen molar-refractivity contribution >= 4 is 22.9 Å². The van der Waals surface area contributed by atoms with Crippen LogP contribution >= 0.6 is 11.3 Å². The summed E-state index contributed by atoms with van der Waals surface area (Å²) in [5, 5.41) is 5.27. The minimum Gasteiger partial charge on any atom is -0.321 e. The van der Waals surface area contributed by atoms with Crippen molar-refractivity contribution in [1.82, 2.24) is 0 Å². The minimum atomic E-state index is 0.109. The van der Waals surface area contributed by atoms with Gasteiger partial charge < -0.3 is 10.2 Å². The second-order valence-electron chi connectivity index (χ2n) is 6.17. The number of nitrogens with one attached hydrogen (secondary N) is 2. The highest BCUT2D eigenvalue weighted by molar-refractivity contribution is 7.10. The first-order chi connectivity index (χ1) is 10.6. The van der Waals surface area contributed by atoms with E-state index in [0.717, 1.165) is 29.8 Å². The minimum absolute atomic E-state index is 0.109. The molecule has 22 heavy (non-hydrogen) atoms. The Balaban J connectivity index is 1.68. The smallest absolute Gasteiger partial charge is 0.279 e. The van der Waals surface area contributed by atoms with Crippen LogP contribution in [0, 0.1) is 13.8 Å². The van der Waals surface area contributed by atoms with Gasteiger partial charge in [-0.05, 0) is 43.3 Å². The topological polar surface area (TPSA) is 33.5 Å². The molecule has 3 rings (SSSR count). The van der Waals surface area contributed by atoms with Crippen LogP contribution in [0.3, 0.4) is 0 Å². The van der Waals surface area contributed by atoms with Gasteiger partial charge in [-0.2, -0.15) is 0 Å². The lowest BCUT2D eigenvalue weighted by Gasteiger charge is -2.30. The van der Waals surface area contributed by atoms with Crippen molar-refractivity contribution in [3.8, 4) is 0 Å². The van der Waals surface area contributed by atoms with Crippen LogP contribution in [0.25, 0.3) is 0 Å². The summed E-state index contributed by atoms with van der Waals surface area (Å²) in [5.41, 5.74) is 4.63. The fourth-order valence-corrected chi connectivity index (χ4v) is 4.27. The van der Waals surface area contributed by atoms with Gasteiger partial charge in [-0.15, -0.1) is 11.3 Å². The van der Waals surface area contributed by atoms with E-state index in [4.69, 9.17) is 0 Å². The Morgan fingerprint density at radius 1 is 1.32 bits per heavy atom. The monoisotopic (exact) mass is 315 g/mol. The molecule has 2 heterocycles. The number of benzene rings is 1. The van der Waals surface area contributed by atoms with Crippen molar-refractivity contribution in [2.45, 2.75) is 33.2 Å². The molecule has 3 nitrogen and oxygen atoms in total. The normalized spacial score (nSPS) is 20.5. The number of para-hydroxylation sites is 1. The molecule has 1 unspecified atom stereocenters. The summed E-state index contributed by atoms with van der Waals surface area (Å²) in [4.78, 5) is 15.3. The molecule has 0 fully saturated rings. The molecule has 1 aromatic carbocycles. The number of carbonyl (C=O) groups is 1. The second kappa shape index (κ2) is 6.23. The van der Waals surface area contributed by atoms with Gasteiger partial charge in [0.25, 0.3) is 5.91 Å². The van der Waals surface area contributed by atoms with Gasteiger partial charge in [-0.25, -0.2) is 0 Å². The number of thiophene rings is 1. The zero-order valence-corrected chi connectivity index (χ0v) is 14.2. The van der Waals surface area contributed by atoms with E-state index in [2.05, 4.69) is 23.7 Å². The van der Waals surface area contributed by atoms with E-state index in [1.54, 1.807) is 0 Å². The van der Waals surface area contributed by atoms with Crippen LogP contribution in [0.5, 0.6) is 0 Å². The Hall–Kier alpha value is -1.65. The molecule has 1 aromatic heterocycles. The second-order valence-corrected chi connectivity index (χ2v) is 7.17. The first-order valence-corrected chi connectivity index (χ1v) is 8.71. The maximum absolute atomic E-state index is 12.5. The average molecular weight is 315 g/mol. The first kappa shape index (κ1) is 15.3. The Morgan fingerprint density at radius 2 is 2.05 bits per heavy atom. The highest BCUT2D eigenvalue weighted by Crippen LogP contribution is 2.24. The van der Waals surface area contributed by atoms with Gasteiger partial charge in [-0.3, -0.25) is 4.79 Å². The molecule has 1 aliphatic rings. The Kier molecular flexibility index (Phi) is 4.32. The number of anilines is 1. The molecular weight excluding hydrogens is 292 g/mol. The zero-order chi connectivity index (χ0) is 15.7. The first-order valence-electron chi connectivity index (χ1n) is 7.83. The zero-order valence-electron chi connectivity index (χ0n) is 13.4. The molecule has 4 heteroatoms. The van der Waals surface area contributed by atoms with Crippen molar-refractivity contribution in [3.05, 3.63) is 51.2 Å². The summed E-state index contributed by atoms with van der Waals surface area (Å²) in [6.07, 6.45) is 1.09. The van der Waals surface area contributed by atoms with Crippen LogP contribution in [-0.4, -0.2) is 19.0 Å². The number of carbonyl (C=O) groups excluding carboxylic acids is 1. The van der Waals surface area contributed by atoms with Gasteiger partial charge in [0.15, 0.2) is 6.54 Å². The summed E-state index contributed by atoms with van der Waals surface area (Å²) in [7, 11) is 0. The highest BCUT2D eigenvalue weighted by atomic mass is 32.1. The predicted octanol–water partition coefficient (Wildman–Crippen LogP) is 2.51. The maximum atomic E-state index is 12.5. The summed E-state index contributed by atoms with van der Waals surface area (Å²) < 4.78 is 0. The Labute approximate surface area is 136 Å². The van der Waals surface area contributed by atoms with E-state index in [1.807, 2.05) is 43.4 Å². The lowest BCUT2D eigenvalue weighted by Crippen LogP contribution is -3.14. The van der Waals surface area contributed by atoms with Gasteiger partial charge in [-0.1, -0.05) is 18.2 Å². The highest BCUT2D eigenvalue weighted by Gasteiger charge is 2.29. The average Bonchev–Trinajstić information content (AvgIpc) is 2.95. The Bertz CT molecular complexity index is 672. The molecule has 1 amide bonds. The van der Waals surface area contributed by atoms with E-state index in [1.165, 1.54) is 15.3 Å². The van der Waals surface area contributed by atoms with Crippen LogP contribution in [0.1, 0.15) is 34.5 Å². The largest absolute Gasteiger partial charge is 0.321 e. The van der Waals surface area contributed by atoms with Crippen molar-refractivity contribution in [2.24, 2.45) is 0 Å². The van der Waals surface area contributed by atoms with E-state index < -0.39 is 0 Å². The van der Waals surface area contributed by atoms with Crippen molar-refractivity contribution in [3.63, 3.8) is 0 Å². The maximum Gasteiger partial charge on any atom is 0.279 e. The van der Waals surface area contributed by atoms with Gasteiger partial charge in [0.05, 0.1) is 6.54 Å². The molecule has 0 aliphatic carbocycles. The molecular formula is C18H23N2OS+. The number of amides is 1. The third-order valence-corrected chi connectivity index (χ3v) is 5.66. The predicted molar refractivity (Wildman–Crippen MR) is 91.7 cm³/mol. The SMILES string of the molecule is Cc1cccc(C)c1NC(=O)C[NH+]1CCc2sccc2[C@H]1C. The van der Waals surface area contributed by atoms with E-state index in [0.29, 0.717) is 12.6 Å². The van der Waals surface area contributed by atoms with E-state index in [9.17, 15) is 4.79 Å². The molecule has 0 saturated heterocycles. The van der Waals surface area contributed by atoms with Gasteiger partial charge in [0.2, 0.25) is 0 Å². The van der Waals surface area contributed by atoms with Crippen molar-refractivity contribution in [1.29, 1.82) is 0 Å². The molecule has 2 aromatic rings. The van der Waals surface area contributed by atoms with Crippen LogP contribution in [0.15, 0.2) is 29.6 Å². The molecule has 2 N–H and O–H groups in total. The number of rotatable bonds is 3. The lowest BCUT2D eigenvalue weighted by atomic mass is 10.0. The van der Waals surface area contributed by atoms with Gasteiger partial charge >= 0.3 is 0 Å². The molecule has 2 atom stereocenters. The van der Waals surface area contributed by atoms with Crippen molar-refractivity contribution < 1.29 is 9.69 Å². The van der Waals surface area contributed by atoms with Gasteiger partial charge in [0.1, 0.15) is 6.04 Å². The fourth-order valence-electron chi connectivity index (χ4n) is 3.29. The fraction of sp³-hybridized carbons (Fsp3) is 0.389. The number of fused-ring (bicyclic) bond motifs is 1. The third-order valence-electron chi connectivity index (χ3n) is 4.67. The molecule has 116 valence electrons. The molecule has 1 aliphatic heterocycles. The molecule has 0 radical (unpaired) electrons. The lowest BCUT2D eigenvalue weighted by molar-refractivity contribution is -0.923. The van der Waals surface area contributed by atoms with Crippen molar-refractivity contribution in [2.75, 3.05) is 18.4 Å². The summed E-state index contributed by atoms with van der Waals surface area (Å²) in [6, 6.07) is 8.72. The number of hydrogen-bond donors (Lipinski definition) is 2.